The molecule has 0 amide bonds. The van der Waals surface area contributed by atoms with E-state index in [1.165, 1.54) is 16.9 Å². The Balaban J connectivity index is 1.41. The number of hydrogen-bond acceptors (Lipinski definition) is 5. The first-order chi connectivity index (χ1) is 21.2. The molecule has 3 heterocycles. The second-order valence-corrected chi connectivity index (χ2v) is 11.9. The third kappa shape index (κ3) is 5.55. The summed E-state index contributed by atoms with van der Waals surface area (Å²) >= 11 is 1.45. The number of nitrogens with zero attached hydrogens (tertiary/aromatic N) is 3. The van der Waals surface area contributed by atoms with Gasteiger partial charge in [-0.25, -0.2) is 4.99 Å². The van der Waals surface area contributed by atoms with Gasteiger partial charge in [-0.1, -0.05) is 114 Å². The predicted octanol–water partition coefficient (Wildman–Crippen LogP) is 5.82. The molecule has 1 aromatic heterocycles. The van der Waals surface area contributed by atoms with Gasteiger partial charge in [0.1, 0.15) is 5.75 Å². The fourth-order valence-corrected chi connectivity index (χ4v) is 6.95. The molecule has 43 heavy (non-hydrogen) atoms. The third-order valence-corrected chi connectivity index (χ3v) is 8.93. The maximum absolute atomic E-state index is 14.2. The van der Waals surface area contributed by atoms with Crippen molar-refractivity contribution in [2.24, 2.45) is 4.99 Å². The van der Waals surface area contributed by atoms with Gasteiger partial charge in [-0.2, -0.15) is 0 Å². The summed E-state index contributed by atoms with van der Waals surface area (Å²) in [6.07, 6.45) is 4.21. The third-order valence-electron chi connectivity index (χ3n) is 7.95. The van der Waals surface area contributed by atoms with Crippen LogP contribution >= 0.6 is 11.3 Å². The van der Waals surface area contributed by atoms with E-state index in [-0.39, 0.29) is 11.6 Å². The molecule has 4 aromatic carbocycles. The molecule has 0 radical (unpaired) electrons. The van der Waals surface area contributed by atoms with Crippen LogP contribution in [0.25, 0.3) is 12.2 Å². The lowest BCUT2D eigenvalue weighted by molar-refractivity contribution is 0.291. The molecule has 0 saturated heterocycles. The summed E-state index contributed by atoms with van der Waals surface area (Å²) in [5.74, 6) is 0.785. The fraction of sp³-hybridized carbons (Fsp3) is 0.135. The first-order valence-corrected chi connectivity index (χ1v) is 15.2. The van der Waals surface area contributed by atoms with Crippen molar-refractivity contribution < 1.29 is 4.74 Å². The monoisotopic (exact) mass is 581 g/mol. The molecule has 0 spiro atoms. The molecule has 7 rings (SSSR count). The average molecular weight is 582 g/mol. The number of methoxy groups -OCH3 is 1. The van der Waals surface area contributed by atoms with Crippen LogP contribution in [0, 0.1) is 0 Å². The smallest absolute Gasteiger partial charge is 0.271 e. The molecule has 0 N–H and O–H groups in total. The number of thiazole rings is 1. The van der Waals surface area contributed by atoms with E-state index in [0.717, 1.165) is 63.7 Å². The lowest BCUT2D eigenvalue weighted by Crippen LogP contribution is -2.43. The molecule has 1 unspecified atom stereocenters. The summed E-state index contributed by atoms with van der Waals surface area (Å²) in [5.41, 5.74) is 7.73. The zero-order valence-electron chi connectivity index (χ0n) is 23.9. The van der Waals surface area contributed by atoms with Crippen LogP contribution in [0.1, 0.15) is 28.3 Å². The second-order valence-electron chi connectivity index (χ2n) is 10.9. The maximum atomic E-state index is 14.2. The summed E-state index contributed by atoms with van der Waals surface area (Å²) in [4.78, 5) is 22.6. The highest BCUT2D eigenvalue weighted by Gasteiger charge is 2.34. The minimum atomic E-state index is -0.247. The van der Waals surface area contributed by atoms with E-state index < -0.39 is 0 Å². The topological polar surface area (TPSA) is 46.8 Å². The summed E-state index contributed by atoms with van der Waals surface area (Å²) < 4.78 is 7.89. The van der Waals surface area contributed by atoms with E-state index in [9.17, 15) is 4.79 Å². The van der Waals surface area contributed by atoms with Gasteiger partial charge in [0, 0.05) is 19.6 Å². The maximum Gasteiger partial charge on any atom is 0.271 e. The van der Waals surface area contributed by atoms with Crippen molar-refractivity contribution in [2.45, 2.75) is 12.6 Å². The number of rotatable bonds is 6. The Bertz CT molecular complexity index is 1990. The van der Waals surface area contributed by atoms with Crippen molar-refractivity contribution in [3.8, 4) is 5.75 Å². The Morgan fingerprint density at radius 3 is 2.16 bits per heavy atom. The van der Waals surface area contributed by atoms with Gasteiger partial charge in [-0.15, -0.1) is 0 Å². The van der Waals surface area contributed by atoms with Gasteiger partial charge in [0.25, 0.3) is 5.56 Å². The van der Waals surface area contributed by atoms with E-state index in [0.29, 0.717) is 4.53 Å². The molecule has 0 aliphatic carbocycles. The van der Waals surface area contributed by atoms with Gasteiger partial charge >= 0.3 is 0 Å². The fourth-order valence-electron chi connectivity index (χ4n) is 5.95. The molecule has 212 valence electrons. The molecular weight excluding hydrogens is 550 g/mol. The molecule has 0 bridgehead atoms. The minimum absolute atomic E-state index is 0.0197. The normalized spacial score (nSPS) is 17.8. The zero-order valence-corrected chi connectivity index (χ0v) is 24.7. The van der Waals surface area contributed by atoms with E-state index in [1.807, 2.05) is 59.2 Å². The summed E-state index contributed by atoms with van der Waals surface area (Å²) in [6.45, 7) is 2.31. The van der Waals surface area contributed by atoms with Crippen molar-refractivity contribution >= 4 is 23.5 Å². The highest BCUT2D eigenvalue weighted by Crippen LogP contribution is 2.37. The van der Waals surface area contributed by atoms with Crippen LogP contribution in [0.4, 0.5) is 0 Å². The number of aromatic nitrogens is 1. The van der Waals surface area contributed by atoms with E-state index in [4.69, 9.17) is 9.73 Å². The number of ether oxygens (including phenoxy) is 1. The molecule has 2 aliphatic heterocycles. The Morgan fingerprint density at radius 2 is 1.47 bits per heavy atom. The average Bonchev–Trinajstić information content (AvgIpc) is 3.36. The molecule has 0 fully saturated rings. The lowest BCUT2D eigenvalue weighted by Gasteiger charge is -2.37. The van der Waals surface area contributed by atoms with Crippen molar-refractivity contribution in [3.63, 3.8) is 0 Å². The van der Waals surface area contributed by atoms with Crippen LogP contribution in [-0.2, 0) is 6.54 Å². The Kier molecular flexibility index (Phi) is 7.46. The lowest BCUT2D eigenvalue weighted by atomic mass is 9.89. The van der Waals surface area contributed by atoms with E-state index >= 15 is 0 Å². The summed E-state index contributed by atoms with van der Waals surface area (Å²) in [7, 11) is 1.65. The predicted molar refractivity (Wildman–Crippen MR) is 174 cm³/mol. The van der Waals surface area contributed by atoms with Crippen LogP contribution < -0.4 is 19.6 Å². The number of benzene rings is 4. The summed E-state index contributed by atoms with van der Waals surface area (Å²) in [5, 5.41) is 0. The second kappa shape index (κ2) is 11.8. The Morgan fingerprint density at radius 1 is 0.814 bits per heavy atom. The minimum Gasteiger partial charge on any atom is -0.497 e. The van der Waals surface area contributed by atoms with Crippen molar-refractivity contribution in [3.05, 3.63) is 174 Å². The largest absolute Gasteiger partial charge is 0.497 e. The molecule has 6 heteroatoms. The first kappa shape index (κ1) is 27.1. The van der Waals surface area contributed by atoms with Crippen LogP contribution in [0.5, 0.6) is 5.75 Å². The Hall–Kier alpha value is -4.78. The van der Waals surface area contributed by atoms with E-state index in [1.54, 1.807) is 7.11 Å². The van der Waals surface area contributed by atoms with Gasteiger partial charge in [-0.3, -0.25) is 14.3 Å². The van der Waals surface area contributed by atoms with Crippen LogP contribution in [0.15, 0.2) is 142 Å². The zero-order chi connectivity index (χ0) is 29.2. The number of fused-ring (bicyclic) bond motifs is 1. The first-order valence-electron chi connectivity index (χ1n) is 14.4. The SMILES string of the molecule is COc1ccc(/C=c2/sc3n(c2=O)C(c2ccccc2)C2=C(N=3)/C(=C/c3ccccc3)CN(Cc3ccccc3)C2)cc1. The highest BCUT2D eigenvalue weighted by atomic mass is 32.1. The highest BCUT2D eigenvalue weighted by molar-refractivity contribution is 7.07. The van der Waals surface area contributed by atoms with Gasteiger partial charge < -0.3 is 4.74 Å². The molecule has 0 saturated carbocycles. The van der Waals surface area contributed by atoms with Crippen molar-refractivity contribution in [1.29, 1.82) is 0 Å². The molecule has 5 aromatic rings. The molecular formula is C37H31N3O2S. The van der Waals surface area contributed by atoms with Gasteiger partial charge in [-0.05, 0) is 57.7 Å². The van der Waals surface area contributed by atoms with Crippen LogP contribution in [0.3, 0.4) is 0 Å². The Labute approximate surface area is 254 Å². The standard InChI is InChI=1S/C37H31N3O2S/c1-42-31-19-17-27(18-20-31)22-33-36(41)40-35(29-15-9-4-10-16-29)32-25-39(23-28-13-7-3-8-14-28)24-30(34(32)38-37(40)43-33)21-26-11-5-2-6-12-26/h2-22,35H,23-25H2,1H3/b30-21+,33-22+. The van der Waals surface area contributed by atoms with Gasteiger partial charge in [0.15, 0.2) is 4.80 Å². The van der Waals surface area contributed by atoms with Crippen LogP contribution in [-0.4, -0.2) is 29.7 Å². The number of hydrogen-bond donors (Lipinski definition) is 0. The van der Waals surface area contributed by atoms with Gasteiger partial charge in [0.2, 0.25) is 0 Å². The molecule has 5 nitrogen and oxygen atoms in total. The molecule has 1 atom stereocenters. The van der Waals surface area contributed by atoms with Crippen LogP contribution in [0.2, 0.25) is 0 Å². The quantitative estimate of drug-likeness (QED) is 0.254. The summed E-state index contributed by atoms with van der Waals surface area (Å²) in [6, 6.07) is 38.9. The van der Waals surface area contributed by atoms with Gasteiger partial charge in [0.05, 0.1) is 23.4 Å². The van der Waals surface area contributed by atoms with E-state index in [2.05, 4.69) is 77.7 Å². The molecule has 2 aliphatic rings. The van der Waals surface area contributed by atoms with Crippen molar-refractivity contribution in [2.75, 3.05) is 20.2 Å². The van der Waals surface area contributed by atoms with Crippen molar-refractivity contribution in [1.82, 2.24) is 9.47 Å².